The van der Waals surface area contributed by atoms with Crippen molar-refractivity contribution in [3.05, 3.63) is 59.0 Å². The summed E-state index contributed by atoms with van der Waals surface area (Å²) < 4.78 is 11.0. The molecule has 4 heterocycles. The topological polar surface area (TPSA) is 75.6 Å². The number of rotatable bonds is 5. The number of aromatic nitrogens is 2. The number of piperazine rings is 1. The van der Waals surface area contributed by atoms with Crippen molar-refractivity contribution in [2.45, 2.75) is 19.9 Å². The molecule has 1 fully saturated rings. The van der Waals surface area contributed by atoms with Crippen LogP contribution in [0.3, 0.4) is 0 Å². The van der Waals surface area contributed by atoms with E-state index < -0.39 is 0 Å². The molecule has 1 amide bonds. The normalized spacial score (nSPS) is 15.2. The summed E-state index contributed by atoms with van der Waals surface area (Å²) in [5, 5.41) is 7.08. The van der Waals surface area contributed by atoms with E-state index in [2.05, 4.69) is 15.0 Å². The third-order valence-electron chi connectivity index (χ3n) is 5.45. The Morgan fingerprint density at radius 2 is 2.07 bits per heavy atom. The molecule has 0 saturated carbocycles. The van der Waals surface area contributed by atoms with Gasteiger partial charge in [-0.2, -0.15) is 4.98 Å². The van der Waals surface area contributed by atoms with Crippen LogP contribution in [0, 0.1) is 6.92 Å². The molecule has 0 radical (unpaired) electrons. The van der Waals surface area contributed by atoms with Crippen LogP contribution in [0.25, 0.3) is 21.7 Å². The number of hydrogen-bond acceptors (Lipinski definition) is 7. The van der Waals surface area contributed by atoms with Gasteiger partial charge in [0.15, 0.2) is 0 Å². The van der Waals surface area contributed by atoms with Gasteiger partial charge in [-0.1, -0.05) is 23.4 Å². The van der Waals surface area contributed by atoms with Gasteiger partial charge in [-0.25, -0.2) is 0 Å². The summed E-state index contributed by atoms with van der Waals surface area (Å²) in [6, 6.07) is 10.0. The molecule has 3 aromatic heterocycles. The average molecular weight is 423 g/mol. The number of benzene rings is 1. The van der Waals surface area contributed by atoms with E-state index in [9.17, 15) is 4.79 Å². The number of thiophene rings is 1. The zero-order valence-corrected chi connectivity index (χ0v) is 17.5. The zero-order valence-electron chi connectivity index (χ0n) is 16.7. The van der Waals surface area contributed by atoms with Crippen molar-refractivity contribution < 1.29 is 13.7 Å². The first-order chi connectivity index (χ1) is 14.7. The summed E-state index contributed by atoms with van der Waals surface area (Å²) in [5.74, 6) is 1.38. The first kappa shape index (κ1) is 19.0. The second-order valence-electron chi connectivity index (χ2n) is 7.58. The number of aryl methyl sites for hydroxylation is 1. The molecule has 4 aromatic rings. The van der Waals surface area contributed by atoms with Crippen molar-refractivity contribution in [2.24, 2.45) is 0 Å². The van der Waals surface area contributed by atoms with Crippen molar-refractivity contribution in [3.8, 4) is 10.7 Å². The number of carbonyl (C=O) groups excluding carboxylic acids is 1. The molecule has 1 aliphatic heterocycles. The highest BCUT2D eigenvalue weighted by atomic mass is 32.1. The zero-order chi connectivity index (χ0) is 20.5. The monoisotopic (exact) mass is 422 g/mol. The Balaban J connectivity index is 1.16. The van der Waals surface area contributed by atoms with Gasteiger partial charge < -0.3 is 13.8 Å². The molecule has 5 rings (SSSR count). The molecule has 0 N–H and O–H groups in total. The Morgan fingerprint density at radius 3 is 2.87 bits per heavy atom. The smallest absolute Gasteiger partial charge is 0.241 e. The molecule has 0 atom stereocenters. The van der Waals surface area contributed by atoms with Gasteiger partial charge in [0.1, 0.15) is 5.58 Å². The van der Waals surface area contributed by atoms with Crippen molar-refractivity contribution in [1.29, 1.82) is 0 Å². The highest BCUT2D eigenvalue weighted by Gasteiger charge is 2.23. The Labute approximate surface area is 177 Å². The largest absolute Gasteiger partial charge is 0.464 e. The fourth-order valence-corrected chi connectivity index (χ4v) is 4.42. The summed E-state index contributed by atoms with van der Waals surface area (Å²) in [7, 11) is 0. The van der Waals surface area contributed by atoms with Crippen molar-refractivity contribution in [1.82, 2.24) is 19.9 Å². The molecule has 8 heteroatoms. The second kappa shape index (κ2) is 8.04. The van der Waals surface area contributed by atoms with Crippen LogP contribution < -0.4 is 0 Å². The summed E-state index contributed by atoms with van der Waals surface area (Å²) in [4.78, 5) is 22.5. The second-order valence-corrected chi connectivity index (χ2v) is 8.53. The number of fused-ring (bicyclic) bond motifs is 1. The van der Waals surface area contributed by atoms with E-state index in [0.29, 0.717) is 37.8 Å². The van der Waals surface area contributed by atoms with E-state index in [1.54, 1.807) is 17.6 Å². The summed E-state index contributed by atoms with van der Waals surface area (Å²) >= 11 is 1.59. The van der Waals surface area contributed by atoms with Crippen LogP contribution in [-0.4, -0.2) is 52.0 Å². The molecule has 1 aromatic carbocycles. The SMILES string of the molecule is Cc1ccc2c(CC(=O)N3CCN(Cc4nc(-c5cccs5)no4)CC3)coc2c1. The Bertz CT molecular complexity index is 1160. The highest BCUT2D eigenvalue weighted by molar-refractivity contribution is 7.13. The first-order valence-corrected chi connectivity index (χ1v) is 10.9. The van der Waals surface area contributed by atoms with Crippen molar-refractivity contribution in [2.75, 3.05) is 26.2 Å². The molecule has 0 spiro atoms. The molecule has 1 aliphatic rings. The van der Waals surface area contributed by atoms with Gasteiger partial charge in [0.05, 0.1) is 24.1 Å². The minimum atomic E-state index is 0.135. The average Bonchev–Trinajstić information content (AvgIpc) is 3.50. The van der Waals surface area contributed by atoms with E-state index in [4.69, 9.17) is 8.94 Å². The highest BCUT2D eigenvalue weighted by Crippen LogP contribution is 2.24. The van der Waals surface area contributed by atoms with Gasteiger partial charge in [0, 0.05) is 37.1 Å². The Morgan fingerprint density at radius 1 is 1.20 bits per heavy atom. The first-order valence-electron chi connectivity index (χ1n) is 9.99. The van der Waals surface area contributed by atoms with Crippen molar-refractivity contribution >= 4 is 28.2 Å². The van der Waals surface area contributed by atoms with E-state index in [1.807, 2.05) is 47.5 Å². The van der Waals surface area contributed by atoms with E-state index in [1.165, 1.54) is 0 Å². The van der Waals surface area contributed by atoms with Gasteiger partial charge in [-0.3, -0.25) is 9.69 Å². The van der Waals surface area contributed by atoms with E-state index in [0.717, 1.165) is 40.1 Å². The number of carbonyl (C=O) groups is 1. The lowest BCUT2D eigenvalue weighted by molar-refractivity contribution is -0.132. The van der Waals surface area contributed by atoms with Crippen LogP contribution in [-0.2, 0) is 17.8 Å². The predicted octanol–water partition coefficient (Wildman–Crippen LogP) is 3.74. The van der Waals surface area contributed by atoms with Gasteiger partial charge in [0.2, 0.25) is 17.6 Å². The van der Waals surface area contributed by atoms with Crippen LogP contribution >= 0.6 is 11.3 Å². The van der Waals surface area contributed by atoms with Crippen molar-refractivity contribution in [3.63, 3.8) is 0 Å². The third kappa shape index (κ3) is 3.88. The molecule has 0 unspecified atom stereocenters. The van der Waals surface area contributed by atoms with Gasteiger partial charge in [0.25, 0.3) is 0 Å². The molecular weight excluding hydrogens is 400 g/mol. The summed E-state index contributed by atoms with van der Waals surface area (Å²) in [5.41, 5.74) is 2.93. The maximum absolute atomic E-state index is 12.8. The molecule has 30 heavy (non-hydrogen) atoms. The maximum atomic E-state index is 12.8. The van der Waals surface area contributed by atoms with Gasteiger partial charge in [-0.05, 0) is 30.0 Å². The van der Waals surface area contributed by atoms with Crippen LogP contribution in [0.4, 0.5) is 0 Å². The Kier molecular flexibility index (Phi) is 5.10. The summed E-state index contributed by atoms with van der Waals surface area (Å²) in [6.07, 6.45) is 2.07. The quantitative estimate of drug-likeness (QED) is 0.488. The summed E-state index contributed by atoms with van der Waals surface area (Å²) in [6.45, 7) is 5.59. The Hall–Kier alpha value is -2.97. The lowest BCUT2D eigenvalue weighted by atomic mass is 10.1. The number of amides is 1. The predicted molar refractivity (Wildman–Crippen MR) is 114 cm³/mol. The molecular formula is C22H22N4O3S. The standard InChI is InChI=1S/C22H22N4O3S/c1-15-4-5-17-16(14-28-18(17)11-15)12-21(27)26-8-6-25(7-9-26)13-20-23-22(24-29-20)19-3-2-10-30-19/h2-5,10-11,14H,6-9,12-13H2,1H3. The van der Waals surface area contributed by atoms with Gasteiger partial charge in [-0.15, -0.1) is 11.3 Å². The fourth-order valence-electron chi connectivity index (χ4n) is 3.77. The number of furan rings is 1. The third-order valence-corrected chi connectivity index (χ3v) is 6.31. The fraction of sp³-hybridized carbons (Fsp3) is 0.318. The van der Waals surface area contributed by atoms with E-state index in [-0.39, 0.29) is 5.91 Å². The number of nitrogens with zero attached hydrogens (tertiary/aromatic N) is 4. The number of hydrogen-bond donors (Lipinski definition) is 0. The molecule has 0 bridgehead atoms. The molecule has 0 aliphatic carbocycles. The maximum Gasteiger partial charge on any atom is 0.241 e. The van der Waals surface area contributed by atoms with Crippen LogP contribution in [0.15, 0.2) is 50.9 Å². The minimum Gasteiger partial charge on any atom is -0.464 e. The lowest BCUT2D eigenvalue weighted by Crippen LogP contribution is -2.48. The molecule has 7 nitrogen and oxygen atoms in total. The molecule has 1 saturated heterocycles. The minimum absolute atomic E-state index is 0.135. The van der Waals surface area contributed by atoms with Crippen LogP contribution in [0.1, 0.15) is 17.0 Å². The van der Waals surface area contributed by atoms with Crippen LogP contribution in [0.2, 0.25) is 0 Å². The van der Waals surface area contributed by atoms with E-state index >= 15 is 0 Å². The van der Waals surface area contributed by atoms with Crippen LogP contribution in [0.5, 0.6) is 0 Å². The molecule has 154 valence electrons. The van der Waals surface area contributed by atoms with Gasteiger partial charge >= 0.3 is 0 Å². The lowest BCUT2D eigenvalue weighted by Gasteiger charge is -2.34.